The van der Waals surface area contributed by atoms with Gasteiger partial charge in [0.15, 0.2) is 0 Å². The second-order valence-electron chi connectivity index (χ2n) is 5.69. The number of aromatic nitrogens is 1. The highest BCUT2D eigenvalue weighted by molar-refractivity contribution is 7.12. The first kappa shape index (κ1) is 14.7. The molecule has 4 heteroatoms. The first-order valence-electron chi connectivity index (χ1n) is 7.69. The highest BCUT2D eigenvalue weighted by Crippen LogP contribution is 2.32. The van der Waals surface area contributed by atoms with Gasteiger partial charge in [0.2, 0.25) is 0 Å². The zero-order chi connectivity index (χ0) is 14.7. The smallest absolute Gasteiger partial charge is 0.0870 e. The van der Waals surface area contributed by atoms with Crippen molar-refractivity contribution in [2.24, 2.45) is 0 Å². The highest BCUT2D eigenvalue weighted by atomic mass is 32.1. The predicted molar refractivity (Wildman–Crippen MR) is 88.9 cm³/mol. The van der Waals surface area contributed by atoms with Gasteiger partial charge in [-0.2, -0.15) is 0 Å². The van der Waals surface area contributed by atoms with Gasteiger partial charge in [-0.3, -0.25) is 9.88 Å². The van der Waals surface area contributed by atoms with Crippen molar-refractivity contribution in [3.05, 3.63) is 51.5 Å². The zero-order valence-corrected chi connectivity index (χ0v) is 13.6. The molecule has 1 unspecified atom stereocenters. The van der Waals surface area contributed by atoms with E-state index in [0.717, 1.165) is 31.9 Å². The molecular weight excluding hydrogens is 278 g/mol. The van der Waals surface area contributed by atoms with Gasteiger partial charge in [0, 0.05) is 35.1 Å². The maximum atomic E-state index is 4.81. The number of aryl methyl sites for hydroxylation is 2. The molecule has 3 rings (SSSR count). The average molecular weight is 301 g/mol. The molecular formula is C17H23N3S. The number of nitrogens with one attached hydrogen (secondary N) is 1. The fourth-order valence-corrected chi connectivity index (χ4v) is 3.98. The number of hydrogen-bond acceptors (Lipinski definition) is 4. The van der Waals surface area contributed by atoms with E-state index in [1.165, 1.54) is 21.9 Å². The van der Waals surface area contributed by atoms with Crippen molar-refractivity contribution in [2.45, 2.75) is 26.3 Å². The summed E-state index contributed by atoms with van der Waals surface area (Å²) in [5.74, 6) is 0. The summed E-state index contributed by atoms with van der Waals surface area (Å²) in [5, 5.41) is 3.49. The minimum atomic E-state index is 0.295. The average Bonchev–Trinajstić information content (AvgIpc) is 2.73. The van der Waals surface area contributed by atoms with Gasteiger partial charge in [-0.25, -0.2) is 0 Å². The van der Waals surface area contributed by atoms with Crippen LogP contribution in [0.5, 0.6) is 0 Å². The lowest BCUT2D eigenvalue weighted by Gasteiger charge is -2.29. The Labute approximate surface area is 131 Å². The van der Waals surface area contributed by atoms with Crippen LogP contribution in [0.25, 0.3) is 0 Å². The molecule has 1 saturated heterocycles. The molecule has 1 aliphatic rings. The number of nitrogens with zero attached hydrogens (tertiary/aromatic N) is 2. The molecule has 0 aliphatic carbocycles. The van der Waals surface area contributed by atoms with E-state index in [1.54, 1.807) is 0 Å². The first-order chi connectivity index (χ1) is 10.2. The molecule has 1 aliphatic heterocycles. The van der Waals surface area contributed by atoms with Gasteiger partial charge in [-0.1, -0.05) is 6.07 Å². The van der Waals surface area contributed by atoms with Crippen LogP contribution in [0.2, 0.25) is 0 Å². The molecule has 0 radical (unpaired) electrons. The van der Waals surface area contributed by atoms with Crippen molar-refractivity contribution >= 4 is 11.3 Å². The van der Waals surface area contributed by atoms with Crippen LogP contribution in [0.1, 0.15) is 33.6 Å². The molecule has 0 amide bonds. The topological polar surface area (TPSA) is 28.2 Å². The van der Waals surface area contributed by atoms with Crippen LogP contribution < -0.4 is 5.32 Å². The van der Waals surface area contributed by atoms with Gasteiger partial charge in [0.05, 0.1) is 11.7 Å². The third-order valence-corrected chi connectivity index (χ3v) is 5.01. The van der Waals surface area contributed by atoms with Crippen molar-refractivity contribution in [3.8, 4) is 0 Å². The molecule has 1 fully saturated rings. The van der Waals surface area contributed by atoms with E-state index in [9.17, 15) is 0 Å². The largest absolute Gasteiger partial charge is 0.315 e. The van der Waals surface area contributed by atoms with Gasteiger partial charge < -0.3 is 5.32 Å². The van der Waals surface area contributed by atoms with E-state index in [0.29, 0.717) is 6.04 Å². The van der Waals surface area contributed by atoms with Crippen LogP contribution in [0.3, 0.4) is 0 Å². The third-order valence-electron chi connectivity index (χ3n) is 3.96. The second kappa shape index (κ2) is 6.69. The van der Waals surface area contributed by atoms with Crippen molar-refractivity contribution in [3.63, 3.8) is 0 Å². The fourth-order valence-electron chi connectivity index (χ4n) is 2.95. The Morgan fingerprint density at radius 2 is 2.05 bits per heavy atom. The van der Waals surface area contributed by atoms with E-state index in [1.807, 2.05) is 11.3 Å². The van der Waals surface area contributed by atoms with E-state index >= 15 is 0 Å². The quantitative estimate of drug-likeness (QED) is 0.944. The summed E-state index contributed by atoms with van der Waals surface area (Å²) in [6.07, 6.45) is 1.20. The number of rotatable bonds is 3. The maximum absolute atomic E-state index is 4.81. The third kappa shape index (κ3) is 3.51. The molecule has 3 heterocycles. The van der Waals surface area contributed by atoms with E-state index in [-0.39, 0.29) is 0 Å². The van der Waals surface area contributed by atoms with Crippen LogP contribution in [-0.4, -0.2) is 36.1 Å². The van der Waals surface area contributed by atoms with Crippen LogP contribution in [0.15, 0.2) is 30.3 Å². The second-order valence-corrected chi connectivity index (χ2v) is 7.01. The minimum Gasteiger partial charge on any atom is -0.315 e. The Balaban J connectivity index is 1.97. The van der Waals surface area contributed by atoms with Gasteiger partial charge in [-0.15, -0.1) is 11.3 Å². The van der Waals surface area contributed by atoms with E-state index in [4.69, 9.17) is 4.98 Å². The summed E-state index contributed by atoms with van der Waals surface area (Å²) in [6, 6.07) is 11.2. The summed E-state index contributed by atoms with van der Waals surface area (Å²) in [5.41, 5.74) is 2.28. The molecule has 3 nitrogen and oxygen atoms in total. The summed E-state index contributed by atoms with van der Waals surface area (Å²) in [4.78, 5) is 10.2. The standard InChI is InChI=1S/C17H23N3S/c1-13-5-3-6-15(19-13)17(16-8-7-14(2)21-16)20-11-4-9-18-10-12-20/h3,5-8,17-18H,4,9-12H2,1-2H3. The normalized spacial score (nSPS) is 18.4. The van der Waals surface area contributed by atoms with Crippen molar-refractivity contribution in [1.29, 1.82) is 0 Å². The molecule has 2 aromatic rings. The first-order valence-corrected chi connectivity index (χ1v) is 8.50. The molecule has 0 spiro atoms. The lowest BCUT2D eigenvalue weighted by atomic mass is 10.1. The molecule has 0 saturated carbocycles. The Morgan fingerprint density at radius 1 is 1.14 bits per heavy atom. The van der Waals surface area contributed by atoms with Crippen molar-refractivity contribution < 1.29 is 0 Å². The maximum Gasteiger partial charge on any atom is 0.0870 e. The van der Waals surface area contributed by atoms with Crippen LogP contribution in [0, 0.1) is 13.8 Å². The monoisotopic (exact) mass is 301 g/mol. The number of thiophene rings is 1. The van der Waals surface area contributed by atoms with Gasteiger partial charge in [-0.05, 0) is 51.1 Å². The number of pyridine rings is 1. The molecule has 2 aromatic heterocycles. The molecule has 21 heavy (non-hydrogen) atoms. The molecule has 1 atom stereocenters. The molecule has 0 aromatic carbocycles. The Hall–Kier alpha value is -1.23. The highest BCUT2D eigenvalue weighted by Gasteiger charge is 2.25. The van der Waals surface area contributed by atoms with Crippen LogP contribution in [-0.2, 0) is 0 Å². The van der Waals surface area contributed by atoms with Crippen molar-refractivity contribution in [1.82, 2.24) is 15.2 Å². The lowest BCUT2D eigenvalue weighted by Crippen LogP contribution is -2.33. The van der Waals surface area contributed by atoms with E-state index in [2.05, 4.69) is 54.4 Å². The van der Waals surface area contributed by atoms with Crippen molar-refractivity contribution in [2.75, 3.05) is 26.2 Å². The fraction of sp³-hybridized carbons (Fsp3) is 0.471. The minimum absolute atomic E-state index is 0.295. The van der Waals surface area contributed by atoms with Gasteiger partial charge in [0.1, 0.15) is 0 Å². The van der Waals surface area contributed by atoms with Crippen LogP contribution >= 0.6 is 11.3 Å². The predicted octanol–water partition coefficient (Wildman–Crippen LogP) is 3.14. The SMILES string of the molecule is Cc1cccc(C(c2ccc(C)s2)N2CCCNCC2)n1. The summed E-state index contributed by atoms with van der Waals surface area (Å²) >= 11 is 1.89. The van der Waals surface area contributed by atoms with Gasteiger partial charge in [0.25, 0.3) is 0 Å². The summed E-state index contributed by atoms with van der Waals surface area (Å²) < 4.78 is 0. The summed E-state index contributed by atoms with van der Waals surface area (Å²) in [7, 11) is 0. The Kier molecular flexibility index (Phi) is 4.68. The number of hydrogen-bond donors (Lipinski definition) is 1. The summed E-state index contributed by atoms with van der Waals surface area (Å²) in [6.45, 7) is 8.64. The lowest BCUT2D eigenvalue weighted by molar-refractivity contribution is 0.240. The van der Waals surface area contributed by atoms with Crippen LogP contribution in [0.4, 0.5) is 0 Å². The van der Waals surface area contributed by atoms with Gasteiger partial charge >= 0.3 is 0 Å². The Morgan fingerprint density at radius 3 is 2.81 bits per heavy atom. The molecule has 1 N–H and O–H groups in total. The Bertz CT molecular complexity index is 585. The molecule has 0 bridgehead atoms. The van der Waals surface area contributed by atoms with E-state index < -0.39 is 0 Å². The zero-order valence-electron chi connectivity index (χ0n) is 12.8. The molecule has 112 valence electrons.